The SMILES string of the molecule is O=C(Nc1ccc(Br)cc1Br)Oc1ccccc1. The molecule has 0 bridgehead atoms. The van der Waals surface area contributed by atoms with Gasteiger partial charge < -0.3 is 4.74 Å². The molecule has 0 aliphatic carbocycles. The molecule has 3 nitrogen and oxygen atoms in total. The van der Waals surface area contributed by atoms with Crippen LogP contribution in [-0.4, -0.2) is 6.09 Å². The van der Waals surface area contributed by atoms with Gasteiger partial charge in [-0.2, -0.15) is 0 Å². The van der Waals surface area contributed by atoms with Crippen LogP contribution in [0.4, 0.5) is 10.5 Å². The number of rotatable bonds is 2. The molecule has 0 aliphatic heterocycles. The molecule has 0 radical (unpaired) electrons. The van der Waals surface area contributed by atoms with E-state index in [1.165, 1.54) is 0 Å². The first-order valence-corrected chi connectivity index (χ1v) is 6.73. The average Bonchev–Trinajstić information content (AvgIpc) is 2.34. The third kappa shape index (κ3) is 3.58. The Morgan fingerprint density at radius 1 is 1.06 bits per heavy atom. The molecule has 2 rings (SSSR count). The Bertz CT molecular complexity index is 558. The maximum atomic E-state index is 11.7. The van der Waals surface area contributed by atoms with Crippen LogP contribution in [0.15, 0.2) is 57.5 Å². The number of anilines is 1. The Balaban J connectivity index is 2.03. The van der Waals surface area contributed by atoms with Crippen molar-refractivity contribution >= 4 is 43.6 Å². The van der Waals surface area contributed by atoms with Crippen molar-refractivity contribution in [2.75, 3.05) is 5.32 Å². The van der Waals surface area contributed by atoms with Gasteiger partial charge in [0.1, 0.15) is 5.75 Å². The number of hydrogen-bond acceptors (Lipinski definition) is 2. The lowest BCUT2D eigenvalue weighted by molar-refractivity contribution is 0.215. The lowest BCUT2D eigenvalue weighted by atomic mass is 10.3. The normalized spacial score (nSPS) is 9.89. The molecule has 1 amide bonds. The second-order valence-electron chi connectivity index (χ2n) is 3.45. The van der Waals surface area contributed by atoms with Gasteiger partial charge in [0.05, 0.1) is 5.69 Å². The fourth-order valence-corrected chi connectivity index (χ4v) is 2.47. The van der Waals surface area contributed by atoms with E-state index in [0.29, 0.717) is 11.4 Å². The highest BCUT2D eigenvalue weighted by molar-refractivity contribution is 9.11. The maximum Gasteiger partial charge on any atom is 0.417 e. The molecule has 0 aromatic heterocycles. The number of carbonyl (C=O) groups excluding carboxylic acids is 1. The molecule has 0 aliphatic rings. The molecular formula is C13H9Br2NO2. The molecule has 1 N–H and O–H groups in total. The fraction of sp³-hybridized carbons (Fsp3) is 0. The zero-order valence-corrected chi connectivity index (χ0v) is 12.4. The van der Waals surface area contributed by atoms with Crippen LogP contribution in [-0.2, 0) is 0 Å². The van der Waals surface area contributed by atoms with Crippen molar-refractivity contribution in [3.8, 4) is 5.75 Å². The van der Waals surface area contributed by atoms with Gasteiger partial charge in [-0.1, -0.05) is 34.1 Å². The monoisotopic (exact) mass is 369 g/mol. The van der Waals surface area contributed by atoms with Crippen LogP contribution < -0.4 is 10.1 Å². The van der Waals surface area contributed by atoms with Gasteiger partial charge in [0, 0.05) is 8.95 Å². The van der Waals surface area contributed by atoms with Crippen LogP contribution in [0.3, 0.4) is 0 Å². The Labute approximate surface area is 121 Å². The Morgan fingerprint density at radius 3 is 2.44 bits per heavy atom. The van der Waals surface area contributed by atoms with Gasteiger partial charge in [0.2, 0.25) is 0 Å². The molecule has 5 heteroatoms. The van der Waals surface area contributed by atoms with Crippen molar-refractivity contribution in [2.24, 2.45) is 0 Å². The van der Waals surface area contributed by atoms with Crippen LogP contribution in [0.2, 0.25) is 0 Å². The number of para-hydroxylation sites is 1. The summed E-state index contributed by atoms with van der Waals surface area (Å²) >= 11 is 6.70. The van der Waals surface area contributed by atoms with Gasteiger partial charge in [-0.3, -0.25) is 5.32 Å². The largest absolute Gasteiger partial charge is 0.417 e. The lowest BCUT2D eigenvalue weighted by Gasteiger charge is -2.08. The summed E-state index contributed by atoms with van der Waals surface area (Å²) in [4.78, 5) is 11.7. The first-order chi connectivity index (χ1) is 8.65. The highest BCUT2D eigenvalue weighted by Gasteiger charge is 2.07. The summed E-state index contributed by atoms with van der Waals surface area (Å²) in [7, 11) is 0. The average molecular weight is 371 g/mol. The van der Waals surface area contributed by atoms with E-state index in [-0.39, 0.29) is 0 Å². The van der Waals surface area contributed by atoms with E-state index in [9.17, 15) is 4.79 Å². The summed E-state index contributed by atoms with van der Waals surface area (Å²) in [5.74, 6) is 0.503. The van der Waals surface area contributed by atoms with Crippen molar-refractivity contribution in [1.29, 1.82) is 0 Å². The first kappa shape index (κ1) is 13.1. The van der Waals surface area contributed by atoms with Gasteiger partial charge in [-0.05, 0) is 46.3 Å². The zero-order valence-electron chi connectivity index (χ0n) is 9.19. The zero-order chi connectivity index (χ0) is 13.0. The lowest BCUT2D eigenvalue weighted by Crippen LogP contribution is -2.16. The maximum absolute atomic E-state index is 11.7. The molecular weight excluding hydrogens is 362 g/mol. The summed E-state index contributed by atoms with van der Waals surface area (Å²) in [6.45, 7) is 0. The smallest absolute Gasteiger partial charge is 0.410 e. The number of nitrogens with one attached hydrogen (secondary N) is 1. The van der Waals surface area contributed by atoms with E-state index >= 15 is 0 Å². The van der Waals surface area contributed by atoms with Crippen LogP contribution in [0.5, 0.6) is 5.75 Å². The number of halogens is 2. The second kappa shape index (κ2) is 6.02. The van der Waals surface area contributed by atoms with Crippen LogP contribution in [0.1, 0.15) is 0 Å². The molecule has 0 heterocycles. The van der Waals surface area contributed by atoms with Crippen LogP contribution >= 0.6 is 31.9 Å². The Morgan fingerprint density at radius 2 is 1.78 bits per heavy atom. The number of carbonyl (C=O) groups is 1. The quantitative estimate of drug-likeness (QED) is 0.822. The Hall–Kier alpha value is -1.33. The summed E-state index contributed by atoms with van der Waals surface area (Å²) in [5.41, 5.74) is 0.652. The predicted octanol–water partition coefficient (Wildman–Crippen LogP) is 4.82. The van der Waals surface area contributed by atoms with Crippen molar-refractivity contribution in [3.05, 3.63) is 57.5 Å². The van der Waals surface area contributed by atoms with E-state index in [1.807, 2.05) is 18.2 Å². The van der Waals surface area contributed by atoms with Gasteiger partial charge in [-0.15, -0.1) is 0 Å². The topological polar surface area (TPSA) is 38.3 Å². The number of benzene rings is 2. The van der Waals surface area contributed by atoms with Crippen LogP contribution in [0, 0.1) is 0 Å². The minimum atomic E-state index is -0.524. The number of amides is 1. The van der Waals surface area contributed by atoms with Gasteiger partial charge in [0.15, 0.2) is 0 Å². The number of hydrogen-bond donors (Lipinski definition) is 1. The minimum Gasteiger partial charge on any atom is -0.410 e. The van der Waals surface area contributed by atoms with Gasteiger partial charge in [-0.25, -0.2) is 4.79 Å². The fourth-order valence-electron chi connectivity index (χ4n) is 1.32. The molecule has 0 atom stereocenters. The van der Waals surface area contributed by atoms with E-state index in [0.717, 1.165) is 8.95 Å². The summed E-state index contributed by atoms with van der Waals surface area (Å²) < 4.78 is 6.83. The van der Waals surface area contributed by atoms with Crippen molar-refractivity contribution in [2.45, 2.75) is 0 Å². The predicted molar refractivity (Wildman–Crippen MR) is 77.9 cm³/mol. The van der Waals surface area contributed by atoms with Crippen molar-refractivity contribution in [3.63, 3.8) is 0 Å². The molecule has 18 heavy (non-hydrogen) atoms. The number of ether oxygens (including phenoxy) is 1. The molecule has 2 aromatic carbocycles. The van der Waals surface area contributed by atoms with Gasteiger partial charge >= 0.3 is 6.09 Å². The van der Waals surface area contributed by atoms with Crippen LogP contribution in [0.25, 0.3) is 0 Å². The molecule has 0 saturated carbocycles. The molecule has 0 fully saturated rings. The van der Waals surface area contributed by atoms with E-state index < -0.39 is 6.09 Å². The van der Waals surface area contributed by atoms with E-state index in [4.69, 9.17) is 4.74 Å². The standard InChI is InChI=1S/C13H9Br2NO2/c14-9-6-7-12(11(15)8-9)16-13(17)18-10-4-2-1-3-5-10/h1-8H,(H,16,17). The highest BCUT2D eigenvalue weighted by atomic mass is 79.9. The summed E-state index contributed by atoms with van der Waals surface area (Å²) in [5, 5.41) is 2.66. The third-order valence-electron chi connectivity index (χ3n) is 2.12. The molecule has 92 valence electrons. The summed E-state index contributed by atoms with van der Waals surface area (Å²) in [6, 6.07) is 14.4. The third-order valence-corrected chi connectivity index (χ3v) is 3.27. The van der Waals surface area contributed by atoms with Crippen molar-refractivity contribution < 1.29 is 9.53 Å². The molecule has 0 saturated heterocycles. The molecule has 2 aromatic rings. The second-order valence-corrected chi connectivity index (χ2v) is 5.22. The van der Waals surface area contributed by atoms with Crippen molar-refractivity contribution in [1.82, 2.24) is 0 Å². The van der Waals surface area contributed by atoms with E-state index in [2.05, 4.69) is 37.2 Å². The highest BCUT2D eigenvalue weighted by Crippen LogP contribution is 2.26. The summed E-state index contributed by atoms with van der Waals surface area (Å²) in [6.07, 6.45) is -0.524. The minimum absolute atomic E-state index is 0.503. The molecule has 0 spiro atoms. The Kier molecular flexibility index (Phi) is 4.38. The van der Waals surface area contributed by atoms with Gasteiger partial charge in [0.25, 0.3) is 0 Å². The first-order valence-electron chi connectivity index (χ1n) is 5.14. The molecule has 0 unspecified atom stereocenters. The van der Waals surface area contributed by atoms with E-state index in [1.54, 1.807) is 30.3 Å².